The molecule has 0 aromatic heterocycles. The molecule has 0 spiro atoms. The minimum atomic E-state index is -3.83. The highest BCUT2D eigenvalue weighted by Crippen LogP contribution is 2.26. The third-order valence-electron chi connectivity index (χ3n) is 2.61. The Hall–Kier alpha value is -1.36. The van der Waals surface area contributed by atoms with E-state index in [1.807, 2.05) is 0 Å². The summed E-state index contributed by atoms with van der Waals surface area (Å²) in [6, 6.07) is 2.06. The molecule has 1 unspecified atom stereocenters. The number of nitrogens with one attached hydrogen (secondary N) is 1. The first-order valence-electron chi connectivity index (χ1n) is 5.68. The van der Waals surface area contributed by atoms with Crippen molar-refractivity contribution in [1.82, 2.24) is 4.72 Å². The Balaban J connectivity index is 3.31. The molecule has 5 nitrogen and oxygen atoms in total. The summed E-state index contributed by atoms with van der Waals surface area (Å²) in [5.74, 6) is 1.17. The van der Waals surface area contributed by atoms with Gasteiger partial charge in [-0.3, -0.25) is 0 Å². The van der Waals surface area contributed by atoms with E-state index in [1.54, 1.807) is 13.8 Å². The number of halogens is 1. The van der Waals surface area contributed by atoms with Gasteiger partial charge in [-0.2, -0.15) is 0 Å². The molecule has 0 aliphatic heterocycles. The number of benzene rings is 1. The van der Waals surface area contributed by atoms with E-state index in [1.165, 1.54) is 6.07 Å². The predicted molar refractivity (Wildman–Crippen MR) is 79.1 cm³/mol. The zero-order valence-electron chi connectivity index (χ0n) is 11.0. The van der Waals surface area contributed by atoms with Crippen molar-refractivity contribution in [2.24, 2.45) is 0 Å². The first kappa shape index (κ1) is 16.7. The van der Waals surface area contributed by atoms with E-state index >= 15 is 0 Å². The highest BCUT2D eigenvalue weighted by molar-refractivity contribution is 9.10. The smallest absolute Gasteiger partial charge is 0.335 e. The SMILES string of the molecule is C#CCC(C)NS(=O)(=O)c1cc(C(=O)O)cc(Br)c1C. The van der Waals surface area contributed by atoms with E-state index in [2.05, 4.69) is 26.6 Å². The fourth-order valence-corrected chi connectivity index (χ4v) is 3.73. The molecule has 0 saturated carbocycles. The van der Waals surface area contributed by atoms with Crippen molar-refractivity contribution in [3.8, 4) is 12.3 Å². The van der Waals surface area contributed by atoms with Crippen molar-refractivity contribution in [3.63, 3.8) is 0 Å². The van der Waals surface area contributed by atoms with E-state index in [0.717, 1.165) is 6.07 Å². The van der Waals surface area contributed by atoms with Crippen molar-refractivity contribution < 1.29 is 18.3 Å². The summed E-state index contributed by atoms with van der Waals surface area (Å²) >= 11 is 3.17. The second kappa shape index (κ2) is 6.39. The maximum atomic E-state index is 12.3. The maximum absolute atomic E-state index is 12.3. The van der Waals surface area contributed by atoms with Gasteiger partial charge in [0.25, 0.3) is 0 Å². The van der Waals surface area contributed by atoms with E-state index < -0.39 is 22.0 Å². The average molecular weight is 360 g/mol. The molecule has 108 valence electrons. The van der Waals surface area contributed by atoms with E-state index in [9.17, 15) is 13.2 Å². The molecule has 0 saturated heterocycles. The van der Waals surface area contributed by atoms with Crippen LogP contribution < -0.4 is 4.72 Å². The molecule has 1 aromatic rings. The normalized spacial score (nSPS) is 12.7. The molecule has 0 radical (unpaired) electrons. The third kappa shape index (κ3) is 3.82. The maximum Gasteiger partial charge on any atom is 0.335 e. The van der Waals surface area contributed by atoms with Crippen LogP contribution in [0.1, 0.15) is 29.3 Å². The van der Waals surface area contributed by atoms with Crippen LogP contribution in [0.4, 0.5) is 0 Å². The van der Waals surface area contributed by atoms with Crippen LogP contribution in [-0.4, -0.2) is 25.5 Å². The summed E-state index contributed by atoms with van der Waals surface area (Å²) in [4.78, 5) is 10.9. The van der Waals surface area contributed by atoms with Gasteiger partial charge in [0.1, 0.15) is 0 Å². The molecule has 0 fully saturated rings. The second-order valence-electron chi connectivity index (χ2n) is 4.32. The number of hydrogen-bond acceptors (Lipinski definition) is 3. The molecular weight excluding hydrogens is 346 g/mol. The fraction of sp³-hybridized carbons (Fsp3) is 0.308. The molecule has 0 bridgehead atoms. The molecule has 0 aliphatic carbocycles. The predicted octanol–water partition coefficient (Wildman–Crippen LogP) is 2.15. The lowest BCUT2D eigenvalue weighted by molar-refractivity contribution is 0.0696. The number of terminal acetylenes is 1. The average Bonchev–Trinajstić information content (AvgIpc) is 2.31. The van der Waals surface area contributed by atoms with Crippen LogP contribution in [0.5, 0.6) is 0 Å². The highest BCUT2D eigenvalue weighted by atomic mass is 79.9. The standard InChI is InChI=1S/C13H14BrNO4S/c1-4-5-8(2)15-20(18,19)12-7-10(13(16)17)6-11(14)9(12)3/h1,6-8,15H,5H2,2-3H3,(H,16,17). The Labute approximate surface area is 126 Å². The van der Waals surface area contributed by atoms with Gasteiger partial charge in [0.2, 0.25) is 10.0 Å². The molecule has 0 amide bonds. The minimum Gasteiger partial charge on any atom is -0.478 e. The molecule has 2 N–H and O–H groups in total. The van der Waals surface area contributed by atoms with E-state index in [4.69, 9.17) is 11.5 Å². The Morgan fingerprint density at radius 1 is 1.55 bits per heavy atom. The summed E-state index contributed by atoms with van der Waals surface area (Å²) in [5, 5.41) is 8.99. The Kier molecular flexibility index (Phi) is 5.34. The van der Waals surface area contributed by atoms with Crippen molar-refractivity contribution in [2.45, 2.75) is 31.2 Å². The van der Waals surface area contributed by atoms with Gasteiger partial charge in [-0.1, -0.05) is 15.9 Å². The largest absolute Gasteiger partial charge is 0.478 e. The molecule has 1 atom stereocenters. The molecular formula is C13H14BrNO4S. The Bertz CT molecular complexity index is 676. The number of rotatable bonds is 5. The summed E-state index contributed by atoms with van der Waals surface area (Å²) in [6.07, 6.45) is 5.38. The Morgan fingerprint density at radius 2 is 2.15 bits per heavy atom. The van der Waals surface area contributed by atoms with Crippen molar-refractivity contribution in [1.29, 1.82) is 0 Å². The summed E-state index contributed by atoms with van der Waals surface area (Å²) < 4.78 is 27.4. The third-order valence-corrected chi connectivity index (χ3v) is 5.15. The van der Waals surface area contributed by atoms with Gasteiger partial charge < -0.3 is 5.11 Å². The number of hydrogen-bond donors (Lipinski definition) is 2. The quantitative estimate of drug-likeness (QED) is 0.789. The highest BCUT2D eigenvalue weighted by Gasteiger charge is 2.22. The zero-order chi connectivity index (χ0) is 15.5. The number of aromatic carboxylic acids is 1. The number of carboxylic acid groups (broad SMARTS) is 1. The van der Waals surface area contributed by atoms with Crippen molar-refractivity contribution >= 4 is 31.9 Å². The molecule has 0 aliphatic rings. The van der Waals surface area contributed by atoms with E-state index in [0.29, 0.717) is 10.0 Å². The molecule has 0 heterocycles. The van der Waals surface area contributed by atoms with Crippen LogP contribution in [-0.2, 0) is 10.0 Å². The van der Waals surface area contributed by atoms with Crippen LogP contribution in [0.15, 0.2) is 21.5 Å². The number of carboxylic acids is 1. The summed E-state index contributed by atoms with van der Waals surface area (Å²) in [6.45, 7) is 3.24. The summed E-state index contributed by atoms with van der Waals surface area (Å²) in [5.41, 5.74) is 0.336. The Morgan fingerprint density at radius 3 is 2.65 bits per heavy atom. The lowest BCUT2D eigenvalue weighted by atomic mass is 10.1. The molecule has 20 heavy (non-hydrogen) atoms. The van der Waals surface area contributed by atoms with Crippen LogP contribution in [0.3, 0.4) is 0 Å². The van der Waals surface area contributed by atoms with Crippen LogP contribution in [0.25, 0.3) is 0 Å². The van der Waals surface area contributed by atoms with E-state index in [-0.39, 0.29) is 16.9 Å². The van der Waals surface area contributed by atoms with Gasteiger partial charge in [-0.25, -0.2) is 17.9 Å². The number of carbonyl (C=O) groups is 1. The summed E-state index contributed by atoms with van der Waals surface area (Å²) in [7, 11) is -3.83. The van der Waals surface area contributed by atoms with Crippen molar-refractivity contribution in [2.75, 3.05) is 0 Å². The lowest BCUT2D eigenvalue weighted by Crippen LogP contribution is -2.32. The van der Waals surface area contributed by atoms with Gasteiger partial charge >= 0.3 is 5.97 Å². The lowest BCUT2D eigenvalue weighted by Gasteiger charge is -2.15. The molecule has 1 rings (SSSR count). The van der Waals surface area contributed by atoms with Gasteiger partial charge in [0, 0.05) is 16.9 Å². The number of sulfonamides is 1. The van der Waals surface area contributed by atoms with Gasteiger partial charge in [0.05, 0.1) is 10.5 Å². The van der Waals surface area contributed by atoms with Crippen LogP contribution >= 0.6 is 15.9 Å². The molecule has 1 aromatic carbocycles. The molecule has 7 heteroatoms. The first-order chi connectivity index (χ1) is 9.19. The van der Waals surface area contributed by atoms with Crippen LogP contribution in [0, 0.1) is 19.3 Å². The topological polar surface area (TPSA) is 83.5 Å². The first-order valence-corrected chi connectivity index (χ1v) is 7.96. The fourth-order valence-electron chi connectivity index (χ4n) is 1.60. The minimum absolute atomic E-state index is 0.0758. The zero-order valence-corrected chi connectivity index (χ0v) is 13.4. The van der Waals surface area contributed by atoms with Gasteiger partial charge in [0.15, 0.2) is 0 Å². The van der Waals surface area contributed by atoms with Gasteiger partial charge in [-0.15, -0.1) is 12.3 Å². The van der Waals surface area contributed by atoms with Crippen LogP contribution in [0.2, 0.25) is 0 Å². The van der Waals surface area contributed by atoms with Gasteiger partial charge in [-0.05, 0) is 31.5 Å². The second-order valence-corrected chi connectivity index (χ2v) is 6.85. The monoisotopic (exact) mass is 359 g/mol. The van der Waals surface area contributed by atoms with Crippen molar-refractivity contribution in [3.05, 3.63) is 27.7 Å².